The van der Waals surface area contributed by atoms with Gasteiger partial charge in [0.25, 0.3) is 0 Å². The van der Waals surface area contributed by atoms with Crippen molar-refractivity contribution < 1.29 is 0 Å². The molecule has 2 aromatic rings. The third kappa shape index (κ3) is 2.75. The van der Waals surface area contributed by atoms with Crippen LogP contribution in [-0.4, -0.2) is 40.5 Å². The van der Waals surface area contributed by atoms with E-state index in [1.165, 1.54) is 19.4 Å². The van der Waals surface area contributed by atoms with Crippen molar-refractivity contribution in [2.24, 2.45) is 0 Å². The van der Waals surface area contributed by atoms with Crippen LogP contribution in [0.1, 0.15) is 25.5 Å². The van der Waals surface area contributed by atoms with Crippen LogP contribution in [0.3, 0.4) is 0 Å². The van der Waals surface area contributed by atoms with Crippen LogP contribution < -0.4 is 5.32 Å². The monoisotopic (exact) mass is 270 g/mol. The van der Waals surface area contributed by atoms with Crippen LogP contribution >= 0.6 is 0 Å². The molecule has 1 fully saturated rings. The molecule has 1 atom stereocenters. The molecular formula is C16H22N4. The maximum Gasteiger partial charge on any atom is 0.126 e. The zero-order chi connectivity index (χ0) is 13.9. The molecule has 4 heteroatoms. The summed E-state index contributed by atoms with van der Waals surface area (Å²) in [5.41, 5.74) is 2.05. The van der Waals surface area contributed by atoms with Crippen molar-refractivity contribution >= 4 is 16.7 Å². The van der Waals surface area contributed by atoms with Gasteiger partial charge in [0.15, 0.2) is 0 Å². The number of nitrogens with zero attached hydrogens (tertiary/aromatic N) is 3. The number of pyridine rings is 2. The summed E-state index contributed by atoms with van der Waals surface area (Å²) in [6.45, 7) is 7.62. The van der Waals surface area contributed by atoms with E-state index in [1.807, 2.05) is 25.3 Å². The first kappa shape index (κ1) is 13.3. The Balaban J connectivity index is 1.63. The summed E-state index contributed by atoms with van der Waals surface area (Å²) in [5.74, 6) is 0.954. The molecule has 3 rings (SSSR count). The summed E-state index contributed by atoms with van der Waals surface area (Å²) in [6, 6.07) is 6.85. The number of aryl methyl sites for hydroxylation is 1. The van der Waals surface area contributed by atoms with E-state index in [0.717, 1.165) is 41.5 Å². The van der Waals surface area contributed by atoms with E-state index in [1.54, 1.807) is 0 Å². The SMILES string of the molecule is Cc1nccc2nc(NCCN3CCCC3C)ccc12. The zero-order valence-corrected chi connectivity index (χ0v) is 12.3. The minimum Gasteiger partial charge on any atom is -0.369 e. The normalized spacial score (nSPS) is 19.6. The molecule has 0 saturated carbocycles. The fourth-order valence-corrected chi connectivity index (χ4v) is 2.95. The van der Waals surface area contributed by atoms with E-state index in [2.05, 4.69) is 33.2 Å². The summed E-state index contributed by atoms with van der Waals surface area (Å²) in [4.78, 5) is 11.5. The van der Waals surface area contributed by atoms with Crippen molar-refractivity contribution in [3.63, 3.8) is 0 Å². The first-order valence-corrected chi connectivity index (χ1v) is 7.44. The first-order valence-electron chi connectivity index (χ1n) is 7.44. The average molecular weight is 270 g/mol. The Morgan fingerprint density at radius 3 is 3.05 bits per heavy atom. The van der Waals surface area contributed by atoms with Gasteiger partial charge in [-0.25, -0.2) is 4.98 Å². The number of anilines is 1. The molecule has 20 heavy (non-hydrogen) atoms. The van der Waals surface area contributed by atoms with E-state index in [0.29, 0.717) is 0 Å². The van der Waals surface area contributed by atoms with Crippen LogP contribution in [0.2, 0.25) is 0 Å². The van der Waals surface area contributed by atoms with E-state index in [4.69, 9.17) is 0 Å². The van der Waals surface area contributed by atoms with Crippen molar-refractivity contribution in [2.75, 3.05) is 25.0 Å². The molecule has 0 bridgehead atoms. The van der Waals surface area contributed by atoms with Gasteiger partial charge in [-0.2, -0.15) is 0 Å². The largest absolute Gasteiger partial charge is 0.369 e. The highest BCUT2D eigenvalue weighted by Crippen LogP contribution is 2.18. The van der Waals surface area contributed by atoms with E-state index < -0.39 is 0 Å². The lowest BCUT2D eigenvalue weighted by Crippen LogP contribution is -2.31. The molecule has 0 aliphatic carbocycles. The summed E-state index contributed by atoms with van der Waals surface area (Å²) in [5, 5.41) is 4.56. The average Bonchev–Trinajstić information content (AvgIpc) is 2.85. The summed E-state index contributed by atoms with van der Waals surface area (Å²) < 4.78 is 0. The van der Waals surface area contributed by atoms with Crippen molar-refractivity contribution in [3.05, 3.63) is 30.1 Å². The van der Waals surface area contributed by atoms with Gasteiger partial charge < -0.3 is 5.32 Å². The standard InChI is InChI=1S/C16H22N4/c1-12-4-3-10-20(12)11-9-18-16-6-5-14-13(2)17-8-7-15(14)19-16/h5-8,12H,3-4,9-11H2,1-2H3,(H,18,19). The van der Waals surface area contributed by atoms with Crippen LogP contribution in [0.25, 0.3) is 10.9 Å². The maximum absolute atomic E-state index is 4.65. The van der Waals surface area contributed by atoms with E-state index >= 15 is 0 Å². The van der Waals surface area contributed by atoms with Crippen molar-refractivity contribution in [1.82, 2.24) is 14.9 Å². The topological polar surface area (TPSA) is 41.1 Å². The third-order valence-electron chi connectivity index (χ3n) is 4.21. The van der Waals surface area contributed by atoms with Crippen LogP contribution in [-0.2, 0) is 0 Å². The zero-order valence-electron chi connectivity index (χ0n) is 12.3. The third-order valence-corrected chi connectivity index (χ3v) is 4.21. The molecule has 1 N–H and O–H groups in total. The fourth-order valence-electron chi connectivity index (χ4n) is 2.95. The number of aromatic nitrogens is 2. The van der Waals surface area contributed by atoms with Crippen LogP contribution in [0.4, 0.5) is 5.82 Å². The van der Waals surface area contributed by atoms with E-state index in [9.17, 15) is 0 Å². The molecule has 0 spiro atoms. The number of hydrogen-bond donors (Lipinski definition) is 1. The van der Waals surface area contributed by atoms with Gasteiger partial charge in [0, 0.05) is 36.4 Å². The van der Waals surface area contributed by atoms with Gasteiger partial charge in [-0.15, -0.1) is 0 Å². The molecule has 1 unspecified atom stereocenters. The van der Waals surface area contributed by atoms with Crippen molar-refractivity contribution in [3.8, 4) is 0 Å². The van der Waals surface area contributed by atoms with Gasteiger partial charge >= 0.3 is 0 Å². The molecule has 4 nitrogen and oxygen atoms in total. The Bertz CT molecular complexity index is 596. The second-order valence-corrected chi connectivity index (χ2v) is 5.61. The minimum absolute atomic E-state index is 0.732. The molecule has 3 heterocycles. The van der Waals surface area contributed by atoms with Gasteiger partial charge in [0.2, 0.25) is 0 Å². The van der Waals surface area contributed by atoms with Gasteiger partial charge in [0.05, 0.1) is 5.52 Å². The molecule has 1 aliphatic rings. The highest BCUT2D eigenvalue weighted by Gasteiger charge is 2.19. The number of hydrogen-bond acceptors (Lipinski definition) is 4. The lowest BCUT2D eigenvalue weighted by molar-refractivity contribution is 0.279. The van der Waals surface area contributed by atoms with Crippen LogP contribution in [0.5, 0.6) is 0 Å². The Morgan fingerprint density at radius 1 is 1.35 bits per heavy atom. The first-order chi connectivity index (χ1) is 9.74. The molecule has 0 aromatic carbocycles. The fraction of sp³-hybridized carbons (Fsp3) is 0.500. The molecule has 0 radical (unpaired) electrons. The van der Waals surface area contributed by atoms with Gasteiger partial charge in [-0.05, 0) is 51.4 Å². The quantitative estimate of drug-likeness (QED) is 0.927. The lowest BCUT2D eigenvalue weighted by atomic mass is 10.2. The summed E-state index contributed by atoms with van der Waals surface area (Å²) in [6.07, 6.45) is 4.49. The van der Waals surface area contributed by atoms with Crippen molar-refractivity contribution in [2.45, 2.75) is 32.7 Å². The van der Waals surface area contributed by atoms with Gasteiger partial charge in [-0.1, -0.05) is 0 Å². The number of fused-ring (bicyclic) bond motifs is 1. The van der Waals surface area contributed by atoms with Gasteiger partial charge in [-0.3, -0.25) is 9.88 Å². The van der Waals surface area contributed by atoms with Gasteiger partial charge in [0.1, 0.15) is 5.82 Å². The minimum atomic E-state index is 0.732. The number of likely N-dealkylation sites (tertiary alicyclic amines) is 1. The van der Waals surface area contributed by atoms with Crippen LogP contribution in [0.15, 0.2) is 24.4 Å². The predicted octanol–water partition coefficient (Wildman–Crippen LogP) is 2.83. The highest BCUT2D eigenvalue weighted by molar-refractivity contribution is 5.81. The Morgan fingerprint density at radius 2 is 2.25 bits per heavy atom. The number of rotatable bonds is 4. The lowest BCUT2D eigenvalue weighted by Gasteiger charge is -2.21. The molecule has 1 saturated heterocycles. The Kier molecular flexibility index (Phi) is 3.83. The van der Waals surface area contributed by atoms with E-state index in [-0.39, 0.29) is 0 Å². The Hall–Kier alpha value is -1.68. The predicted molar refractivity (Wildman–Crippen MR) is 83.0 cm³/mol. The second-order valence-electron chi connectivity index (χ2n) is 5.61. The van der Waals surface area contributed by atoms with Crippen molar-refractivity contribution in [1.29, 1.82) is 0 Å². The summed E-state index contributed by atoms with van der Waals surface area (Å²) in [7, 11) is 0. The molecular weight excluding hydrogens is 248 g/mol. The summed E-state index contributed by atoms with van der Waals surface area (Å²) >= 11 is 0. The number of nitrogens with one attached hydrogen (secondary N) is 1. The molecule has 2 aromatic heterocycles. The molecule has 0 amide bonds. The maximum atomic E-state index is 4.65. The smallest absolute Gasteiger partial charge is 0.126 e. The second kappa shape index (κ2) is 5.75. The molecule has 1 aliphatic heterocycles. The highest BCUT2D eigenvalue weighted by atomic mass is 15.2. The Labute approximate surface area is 120 Å². The van der Waals surface area contributed by atoms with Crippen LogP contribution in [0, 0.1) is 6.92 Å². The molecule has 106 valence electrons.